The van der Waals surface area contributed by atoms with Crippen LogP contribution >= 0.6 is 0 Å². The van der Waals surface area contributed by atoms with Gasteiger partial charge in [-0.3, -0.25) is 4.79 Å². The van der Waals surface area contributed by atoms with Crippen molar-refractivity contribution in [3.05, 3.63) is 29.1 Å². The molecule has 0 radical (unpaired) electrons. The Labute approximate surface area is 183 Å². The highest BCUT2D eigenvalue weighted by atomic mass is 19.1. The Kier molecular flexibility index (Phi) is 5.22. The van der Waals surface area contributed by atoms with Crippen LogP contribution in [-0.2, 0) is 4.74 Å². The van der Waals surface area contributed by atoms with Crippen molar-refractivity contribution < 1.29 is 23.5 Å². The Bertz CT molecular complexity index is 876. The number of ether oxygens (including phenoxy) is 2. The molecule has 5 rings (SSSR count). The van der Waals surface area contributed by atoms with Gasteiger partial charge in [0.1, 0.15) is 18.2 Å². The Balaban J connectivity index is 1.39. The lowest BCUT2D eigenvalue weighted by molar-refractivity contribution is -0.0167. The number of imide groups is 1. The molecular formula is C25H32FNO4. The highest BCUT2D eigenvalue weighted by Crippen LogP contribution is 2.53. The number of cyclic esters (lactones) is 1. The smallest absolute Gasteiger partial charge is 0.416 e. The molecule has 0 spiro atoms. The fraction of sp³-hybridized carbons (Fsp3) is 0.680. The van der Waals surface area contributed by atoms with E-state index < -0.39 is 17.8 Å². The molecule has 168 valence electrons. The van der Waals surface area contributed by atoms with E-state index in [1.807, 2.05) is 0 Å². The monoisotopic (exact) mass is 429 g/mol. The number of rotatable bonds is 5. The van der Waals surface area contributed by atoms with Gasteiger partial charge in [-0.1, -0.05) is 13.8 Å². The van der Waals surface area contributed by atoms with E-state index in [0.29, 0.717) is 30.1 Å². The van der Waals surface area contributed by atoms with Crippen LogP contribution in [0.3, 0.4) is 0 Å². The van der Waals surface area contributed by atoms with E-state index in [1.165, 1.54) is 38.2 Å². The summed E-state index contributed by atoms with van der Waals surface area (Å²) in [5, 5.41) is 0. The van der Waals surface area contributed by atoms with Gasteiger partial charge in [0.2, 0.25) is 0 Å². The lowest BCUT2D eigenvalue weighted by Crippen LogP contribution is -2.43. The zero-order valence-corrected chi connectivity index (χ0v) is 18.5. The first-order valence-corrected chi connectivity index (χ1v) is 11.8. The van der Waals surface area contributed by atoms with Crippen molar-refractivity contribution in [3.63, 3.8) is 0 Å². The maximum Gasteiger partial charge on any atom is 0.416 e. The number of benzene rings is 1. The van der Waals surface area contributed by atoms with Gasteiger partial charge < -0.3 is 9.47 Å². The number of carbonyl (C=O) groups is 2. The van der Waals surface area contributed by atoms with Gasteiger partial charge in [0.15, 0.2) is 0 Å². The third kappa shape index (κ3) is 4.06. The molecule has 1 aromatic carbocycles. The van der Waals surface area contributed by atoms with Gasteiger partial charge in [0, 0.05) is 11.5 Å². The van der Waals surface area contributed by atoms with Crippen LogP contribution in [0.4, 0.5) is 9.18 Å². The molecule has 3 saturated carbocycles. The maximum absolute atomic E-state index is 15.0. The first kappa shape index (κ1) is 20.8. The largest absolute Gasteiger partial charge is 0.493 e. The fourth-order valence-electron chi connectivity index (χ4n) is 6.61. The molecule has 0 N–H and O–H groups in total. The van der Waals surface area contributed by atoms with E-state index in [2.05, 4.69) is 13.8 Å². The van der Waals surface area contributed by atoms with Crippen LogP contribution in [0.1, 0.15) is 80.6 Å². The van der Waals surface area contributed by atoms with Crippen molar-refractivity contribution >= 4 is 12.0 Å². The predicted molar refractivity (Wildman–Crippen MR) is 114 cm³/mol. The highest BCUT2D eigenvalue weighted by molar-refractivity contribution is 6.04. The Morgan fingerprint density at radius 3 is 2.52 bits per heavy atom. The van der Waals surface area contributed by atoms with E-state index in [4.69, 9.17) is 9.47 Å². The molecular weight excluding hydrogens is 397 g/mol. The Hall–Kier alpha value is -2.11. The summed E-state index contributed by atoms with van der Waals surface area (Å²) >= 11 is 0. The summed E-state index contributed by atoms with van der Waals surface area (Å²) in [5.41, 5.74) is 1.01. The van der Waals surface area contributed by atoms with Crippen molar-refractivity contribution in [2.45, 2.75) is 64.7 Å². The lowest BCUT2D eigenvalue weighted by Gasteiger charge is -2.49. The normalized spacial score (nSPS) is 32.7. The minimum absolute atomic E-state index is 0.0658. The summed E-state index contributed by atoms with van der Waals surface area (Å²) in [6.45, 7) is 5.62. The van der Waals surface area contributed by atoms with Crippen LogP contribution in [0.2, 0.25) is 0 Å². The number of hydrogen-bond donors (Lipinski definition) is 0. The lowest BCUT2D eigenvalue weighted by atomic mass is 9.57. The summed E-state index contributed by atoms with van der Waals surface area (Å²) in [5.74, 6) is 1.79. The van der Waals surface area contributed by atoms with Gasteiger partial charge in [-0.25, -0.2) is 14.1 Å². The summed E-state index contributed by atoms with van der Waals surface area (Å²) in [6, 6.07) is 2.98. The van der Waals surface area contributed by atoms with Crippen molar-refractivity contribution in [2.24, 2.45) is 23.2 Å². The Morgan fingerprint density at radius 1 is 1.19 bits per heavy atom. The molecule has 2 unspecified atom stereocenters. The van der Waals surface area contributed by atoms with E-state index in [1.54, 1.807) is 6.07 Å². The van der Waals surface area contributed by atoms with Gasteiger partial charge >= 0.3 is 6.09 Å². The molecule has 6 heteroatoms. The van der Waals surface area contributed by atoms with Crippen molar-refractivity contribution in [3.8, 4) is 5.75 Å². The first-order valence-electron chi connectivity index (χ1n) is 11.8. The van der Waals surface area contributed by atoms with Gasteiger partial charge in [0.05, 0.1) is 18.7 Å². The zero-order chi connectivity index (χ0) is 21.8. The maximum atomic E-state index is 15.0. The molecule has 31 heavy (non-hydrogen) atoms. The predicted octanol–water partition coefficient (Wildman–Crippen LogP) is 5.53. The number of fused-ring (bicyclic) bond motifs is 2. The molecule has 1 heterocycles. The van der Waals surface area contributed by atoms with E-state index in [9.17, 15) is 9.59 Å². The minimum Gasteiger partial charge on any atom is -0.493 e. The van der Waals surface area contributed by atoms with Crippen LogP contribution in [0.5, 0.6) is 5.75 Å². The molecule has 2 bridgehead atoms. The second-order valence-corrected chi connectivity index (χ2v) is 10.7. The third-order valence-corrected chi connectivity index (χ3v) is 7.64. The standard InChI is InChI=1S/C25H32FNO4/c1-15-7-17-8-16(2)12-25(11-15,13-17)14-31-22-10-21(26)20(9-19(22)18-3-4-18)23(28)27-5-6-30-24(27)29/h9-10,15-18H,3-8,11-14H2,1-2H3. The molecule has 4 fully saturated rings. The molecule has 1 aromatic rings. The van der Waals surface area contributed by atoms with Crippen molar-refractivity contribution in [2.75, 3.05) is 19.8 Å². The van der Waals surface area contributed by atoms with Crippen molar-refractivity contribution in [1.82, 2.24) is 4.90 Å². The third-order valence-electron chi connectivity index (χ3n) is 7.64. The highest BCUT2D eigenvalue weighted by Gasteiger charge is 2.45. The molecule has 2 amide bonds. The SMILES string of the molecule is CC1CC2CC(C)CC(COc3cc(F)c(C(=O)N4CCOC4=O)cc3C3CC3)(C1)C2. The summed E-state index contributed by atoms with van der Waals surface area (Å²) in [7, 11) is 0. The second-order valence-electron chi connectivity index (χ2n) is 10.7. The number of nitrogens with zero attached hydrogens (tertiary/aromatic N) is 1. The molecule has 0 aromatic heterocycles. The van der Waals surface area contributed by atoms with Crippen LogP contribution in [-0.4, -0.2) is 36.7 Å². The van der Waals surface area contributed by atoms with Crippen LogP contribution in [0.25, 0.3) is 0 Å². The quantitative estimate of drug-likeness (QED) is 0.618. The molecule has 3 aliphatic carbocycles. The number of carbonyl (C=O) groups excluding carboxylic acids is 2. The number of hydrogen-bond acceptors (Lipinski definition) is 4. The van der Waals surface area contributed by atoms with Gasteiger partial charge in [-0.15, -0.1) is 0 Å². The second kappa shape index (κ2) is 7.79. The van der Waals surface area contributed by atoms with E-state index >= 15 is 4.39 Å². The molecule has 1 aliphatic heterocycles. The Morgan fingerprint density at radius 2 is 1.90 bits per heavy atom. The van der Waals surface area contributed by atoms with Crippen molar-refractivity contribution in [1.29, 1.82) is 0 Å². The molecule has 5 nitrogen and oxygen atoms in total. The van der Waals surface area contributed by atoms with Crippen LogP contribution < -0.4 is 4.74 Å². The van der Waals surface area contributed by atoms with Crippen LogP contribution in [0.15, 0.2) is 12.1 Å². The molecule has 1 saturated heterocycles. The van der Waals surface area contributed by atoms with Gasteiger partial charge in [0.25, 0.3) is 5.91 Å². The van der Waals surface area contributed by atoms with Gasteiger partial charge in [-0.2, -0.15) is 0 Å². The zero-order valence-electron chi connectivity index (χ0n) is 18.5. The first-order chi connectivity index (χ1) is 14.8. The topological polar surface area (TPSA) is 55.8 Å². The van der Waals surface area contributed by atoms with E-state index in [-0.39, 0.29) is 24.1 Å². The van der Waals surface area contributed by atoms with E-state index in [0.717, 1.165) is 29.2 Å². The summed E-state index contributed by atoms with van der Waals surface area (Å²) < 4.78 is 26.2. The molecule has 4 aliphatic rings. The number of halogens is 1. The molecule has 2 atom stereocenters. The summed E-state index contributed by atoms with van der Waals surface area (Å²) in [6.07, 6.45) is 7.49. The minimum atomic E-state index is -0.704. The average molecular weight is 430 g/mol. The number of amides is 2. The summed E-state index contributed by atoms with van der Waals surface area (Å²) in [4.78, 5) is 25.5. The fourth-order valence-corrected chi connectivity index (χ4v) is 6.61. The average Bonchev–Trinajstić information content (AvgIpc) is 3.45. The van der Waals surface area contributed by atoms with Gasteiger partial charge in [-0.05, 0) is 80.2 Å². The van der Waals surface area contributed by atoms with Crippen LogP contribution in [0, 0.1) is 29.0 Å².